The van der Waals surface area contributed by atoms with Crippen LogP contribution in [0.25, 0.3) is 0 Å². The van der Waals surface area contributed by atoms with Gasteiger partial charge >= 0.3 is 0 Å². The van der Waals surface area contributed by atoms with Gasteiger partial charge in [-0.05, 0) is 25.7 Å². The number of primary amides is 1. The lowest BCUT2D eigenvalue weighted by molar-refractivity contribution is -0.128. The highest BCUT2D eigenvalue weighted by Crippen LogP contribution is 2.14. The van der Waals surface area contributed by atoms with E-state index in [4.69, 9.17) is 17.2 Å². The molecule has 13 heteroatoms. The highest BCUT2D eigenvalue weighted by molar-refractivity contribution is 5.98. The summed E-state index contributed by atoms with van der Waals surface area (Å²) in [4.78, 5) is 68.2. The number of rotatable bonds is 42. The lowest BCUT2D eigenvalue weighted by atomic mass is 10.0. The first kappa shape index (κ1) is 55.4. The van der Waals surface area contributed by atoms with E-state index in [-0.39, 0.29) is 56.9 Å². The Morgan fingerprint density at radius 1 is 0.525 bits per heavy atom. The third-order valence-electron chi connectivity index (χ3n) is 10.7. The molecule has 59 heavy (non-hydrogen) atoms. The number of hydrogen-bond acceptors (Lipinski definition) is 6. The number of aliphatic imine (C=N–C) groups is 1. The average Bonchev–Trinajstić information content (AvgIpc) is 3.20. The van der Waals surface area contributed by atoms with Crippen LogP contribution in [0.5, 0.6) is 0 Å². The van der Waals surface area contributed by atoms with E-state index >= 15 is 0 Å². The fourth-order valence-electron chi connectivity index (χ4n) is 7.04. The highest BCUT2D eigenvalue weighted by Gasteiger charge is 2.17. The molecule has 1 atom stereocenters. The number of nitrogens with one attached hydrogen (secondary N) is 3. The maximum Gasteiger partial charge on any atom is 0.246 e. The minimum absolute atomic E-state index is 0.0566. The van der Waals surface area contributed by atoms with Crippen LogP contribution >= 0.6 is 0 Å². The quantitative estimate of drug-likeness (QED) is 0.0157. The minimum Gasteiger partial charge on any atom is -0.370 e. The van der Waals surface area contributed by atoms with Gasteiger partial charge in [0.1, 0.15) is 6.04 Å². The SMILES string of the molecule is CCCCCCCCCCCCCCCC(=O)NCCN(CCNC(=O)CCCCCCCCCCCCCCC)C(=O)/C=C\C(=O)N[C@@H](CCCN=C(N)N)C(N)=O. The summed E-state index contributed by atoms with van der Waals surface area (Å²) in [5.74, 6) is -2.01. The van der Waals surface area contributed by atoms with E-state index in [0.29, 0.717) is 19.3 Å². The van der Waals surface area contributed by atoms with E-state index in [2.05, 4.69) is 34.8 Å². The summed E-state index contributed by atoms with van der Waals surface area (Å²) in [7, 11) is 0. The molecule has 0 fully saturated rings. The van der Waals surface area contributed by atoms with Crippen molar-refractivity contribution < 1.29 is 24.0 Å². The van der Waals surface area contributed by atoms with Crippen LogP contribution in [-0.2, 0) is 24.0 Å². The molecule has 0 saturated heterocycles. The topological polar surface area (TPSA) is 215 Å². The number of guanidine groups is 1. The normalized spacial score (nSPS) is 11.6. The van der Waals surface area contributed by atoms with Crippen molar-refractivity contribution in [1.82, 2.24) is 20.9 Å². The molecule has 0 aromatic rings. The molecular formula is C46H88N8O5. The van der Waals surface area contributed by atoms with Gasteiger partial charge in [-0.2, -0.15) is 0 Å². The van der Waals surface area contributed by atoms with Crippen LogP contribution in [0.2, 0.25) is 0 Å². The van der Waals surface area contributed by atoms with E-state index in [0.717, 1.165) is 50.7 Å². The van der Waals surface area contributed by atoms with Gasteiger partial charge in [0.2, 0.25) is 29.5 Å². The van der Waals surface area contributed by atoms with Gasteiger partial charge < -0.3 is 38.1 Å². The third kappa shape index (κ3) is 38.3. The number of nitrogens with two attached hydrogens (primary N) is 3. The summed E-state index contributed by atoms with van der Waals surface area (Å²) >= 11 is 0. The lowest BCUT2D eigenvalue weighted by Crippen LogP contribution is -2.44. The van der Waals surface area contributed by atoms with Crippen molar-refractivity contribution in [3.63, 3.8) is 0 Å². The van der Waals surface area contributed by atoms with Gasteiger partial charge in [-0.1, -0.05) is 168 Å². The van der Waals surface area contributed by atoms with Crippen molar-refractivity contribution in [3.8, 4) is 0 Å². The van der Waals surface area contributed by atoms with E-state index in [1.807, 2.05) is 0 Å². The van der Waals surface area contributed by atoms with Crippen LogP contribution in [-0.4, -0.2) is 79.2 Å². The molecule has 0 heterocycles. The van der Waals surface area contributed by atoms with Gasteiger partial charge in [0.15, 0.2) is 5.96 Å². The van der Waals surface area contributed by atoms with Crippen LogP contribution in [0, 0.1) is 0 Å². The summed E-state index contributed by atoms with van der Waals surface area (Å²) in [6.07, 6.45) is 36.0. The zero-order chi connectivity index (χ0) is 43.6. The average molecular weight is 833 g/mol. The highest BCUT2D eigenvalue weighted by atomic mass is 16.2. The predicted molar refractivity (Wildman–Crippen MR) is 243 cm³/mol. The lowest BCUT2D eigenvalue weighted by Gasteiger charge is -2.22. The Kier molecular flexibility index (Phi) is 38.6. The van der Waals surface area contributed by atoms with Crippen molar-refractivity contribution in [2.75, 3.05) is 32.7 Å². The number of amides is 5. The molecule has 342 valence electrons. The second kappa shape index (κ2) is 41.1. The van der Waals surface area contributed by atoms with Crippen LogP contribution in [0.4, 0.5) is 0 Å². The summed E-state index contributed by atoms with van der Waals surface area (Å²) in [5.41, 5.74) is 16.1. The Morgan fingerprint density at radius 2 is 0.898 bits per heavy atom. The fourth-order valence-corrected chi connectivity index (χ4v) is 7.04. The van der Waals surface area contributed by atoms with Gasteiger partial charge in [-0.15, -0.1) is 0 Å². The second-order valence-corrected chi connectivity index (χ2v) is 16.3. The molecule has 0 saturated carbocycles. The van der Waals surface area contributed by atoms with Crippen molar-refractivity contribution in [1.29, 1.82) is 0 Å². The fraction of sp³-hybridized carbons (Fsp3) is 0.826. The number of carbonyl (C=O) groups is 5. The summed E-state index contributed by atoms with van der Waals surface area (Å²) in [6.45, 7) is 5.68. The predicted octanol–water partition coefficient (Wildman–Crippen LogP) is 7.59. The van der Waals surface area contributed by atoms with Crippen LogP contribution < -0.4 is 33.2 Å². The van der Waals surface area contributed by atoms with Crippen LogP contribution in [0.3, 0.4) is 0 Å². The summed E-state index contributed by atoms with van der Waals surface area (Å²) in [5, 5.41) is 8.35. The first-order chi connectivity index (χ1) is 28.6. The van der Waals surface area contributed by atoms with E-state index in [1.165, 1.54) is 133 Å². The molecule has 0 radical (unpaired) electrons. The molecule has 0 aromatic heterocycles. The molecule has 0 aliphatic heterocycles. The number of unbranched alkanes of at least 4 members (excludes halogenated alkanes) is 24. The van der Waals surface area contributed by atoms with Crippen molar-refractivity contribution in [2.45, 2.75) is 213 Å². The Balaban J connectivity index is 4.70. The largest absolute Gasteiger partial charge is 0.370 e. The smallest absolute Gasteiger partial charge is 0.246 e. The Morgan fingerprint density at radius 3 is 1.25 bits per heavy atom. The van der Waals surface area contributed by atoms with Gasteiger partial charge in [0, 0.05) is 57.7 Å². The van der Waals surface area contributed by atoms with Gasteiger partial charge in [-0.3, -0.25) is 29.0 Å². The van der Waals surface area contributed by atoms with Crippen molar-refractivity contribution in [2.24, 2.45) is 22.2 Å². The molecule has 0 rings (SSSR count). The van der Waals surface area contributed by atoms with Crippen LogP contribution in [0.1, 0.15) is 206 Å². The standard InChI is InChI=1S/C46H88N8O5/c1-3-5-7-9-11-13-15-17-19-21-23-25-27-31-41(55)50-36-38-54(44(58)34-33-43(57)53-40(45(47)59)30-29-35-52-46(48)49)39-37-51-42(56)32-28-26-24-22-20-18-16-14-12-10-8-6-4-2/h33-34,40H,3-32,35-39H2,1-2H3,(H2,47,59)(H,50,55)(H,51,56)(H,53,57)(H4,48,49,52)/b34-33-/t40-/m0/s1. The van der Waals surface area contributed by atoms with E-state index < -0.39 is 23.8 Å². The zero-order valence-corrected chi connectivity index (χ0v) is 37.6. The number of hydrogen-bond donors (Lipinski definition) is 6. The Bertz CT molecular complexity index is 1100. The zero-order valence-electron chi connectivity index (χ0n) is 37.6. The molecular weight excluding hydrogens is 745 g/mol. The molecule has 0 unspecified atom stereocenters. The monoisotopic (exact) mass is 833 g/mol. The number of nitrogens with zero attached hydrogens (tertiary/aromatic N) is 2. The molecule has 5 amide bonds. The molecule has 0 aliphatic rings. The molecule has 9 N–H and O–H groups in total. The molecule has 0 bridgehead atoms. The van der Waals surface area contributed by atoms with Gasteiger partial charge in [0.25, 0.3) is 0 Å². The molecule has 0 aromatic carbocycles. The molecule has 13 nitrogen and oxygen atoms in total. The molecule has 0 spiro atoms. The van der Waals surface area contributed by atoms with Gasteiger partial charge in [0.05, 0.1) is 0 Å². The maximum absolute atomic E-state index is 13.2. The minimum atomic E-state index is -0.956. The van der Waals surface area contributed by atoms with Crippen molar-refractivity contribution in [3.05, 3.63) is 12.2 Å². The molecule has 0 aliphatic carbocycles. The number of carbonyl (C=O) groups excluding carboxylic acids is 5. The van der Waals surface area contributed by atoms with Crippen molar-refractivity contribution >= 4 is 35.5 Å². The Hall–Kier alpha value is -3.64. The first-order valence-corrected chi connectivity index (χ1v) is 23.8. The Labute approximate surface area is 359 Å². The third-order valence-corrected chi connectivity index (χ3v) is 10.7. The van der Waals surface area contributed by atoms with E-state index in [9.17, 15) is 24.0 Å². The maximum atomic E-state index is 13.2. The first-order valence-electron chi connectivity index (χ1n) is 23.8. The summed E-state index contributed by atoms with van der Waals surface area (Å²) in [6, 6.07) is -0.956. The second-order valence-electron chi connectivity index (χ2n) is 16.3. The van der Waals surface area contributed by atoms with Gasteiger partial charge in [-0.25, -0.2) is 0 Å². The van der Waals surface area contributed by atoms with E-state index in [1.54, 1.807) is 0 Å². The van der Waals surface area contributed by atoms with Crippen LogP contribution in [0.15, 0.2) is 17.1 Å². The summed E-state index contributed by atoms with van der Waals surface area (Å²) < 4.78 is 0.